The number of hydrogen-bond acceptors (Lipinski definition) is 4. The van der Waals surface area contributed by atoms with E-state index in [-0.39, 0.29) is 4.90 Å². The smallest absolute Gasteiger partial charge is 0.307 e. The second kappa shape index (κ2) is 7.16. The first-order chi connectivity index (χ1) is 13.3. The number of nitrogens with one attached hydrogen (secondary N) is 2. The van der Waals surface area contributed by atoms with Crippen LogP contribution in [0.3, 0.4) is 0 Å². The van der Waals surface area contributed by atoms with Crippen LogP contribution in [0, 0.1) is 0 Å². The lowest BCUT2D eigenvalue weighted by molar-refractivity contribution is 0.121. The molecule has 1 aromatic carbocycles. The number of fused-ring (bicyclic) bond motifs is 2. The molecule has 2 aromatic rings. The summed E-state index contributed by atoms with van der Waals surface area (Å²) >= 11 is 0. The maximum atomic E-state index is 12.4. The summed E-state index contributed by atoms with van der Waals surface area (Å²) in [6.45, 7) is -0.718. The van der Waals surface area contributed by atoms with Gasteiger partial charge in [0.1, 0.15) is 11.4 Å². The summed E-state index contributed by atoms with van der Waals surface area (Å²) < 4.78 is 52.4. The quantitative estimate of drug-likeness (QED) is 0.793. The molecule has 0 saturated carbocycles. The van der Waals surface area contributed by atoms with Crippen molar-refractivity contribution in [3.63, 3.8) is 0 Å². The summed E-state index contributed by atoms with van der Waals surface area (Å²) in [5.41, 5.74) is 5.32. The molecule has 2 aliphatic carbocycles. The Bertz CT molecular complexity index is 1000. The Morgan fingerprint density at radius 1 is 1.14 bits per heavy atom. The van der Waals surface area contributed by atoms with E-state index in [1.165, 1.54) is 11.1 Å². The van der Waals surface area contributed by atoms with Crippen LogP contribution in [0.2, 0.25) is 0 Å². The summed E-state index contributed by atoms with van der Waals surface area (Å²) in [6.07, 6.45) is 4.90. The van der Waals surface area contributed by atoms with Crippen LogP contribution in [0.1, 0.15) is 35.1 Å². The molecule has 0 spiro atoms. The van der Waals surface area contributed by atoms with Crippen molar-refractivity contribution in [3.8, 4) is 0 Å². The first-order valence-electron chi connectivity index (χ1n) is 9.14. The third-order valence-electron chi connectivity index (χ3n) is 5.18. The number of nitrogens with zero attached hydrogens (tertiary/aromatic N) is 2. The van der Waals surface area contributed by atoms with Crippen molar-refractivity contribution in [1.29, 1.82) is 0 Å². The highest BCUT2D eigenvalue weighted by Crippen LogP contribution is 2.38. The molecule has 0 saturated heterocycles. The lowest BCUT2D eigenvalue weighted by Gasteiger charge is -2.16. The average Bonchev–Trinajstić information content (AvgIpc) is 3.32. The number of aryl methyl sites for hydroxylation is 2. The van der Waals surface area contributed by atoms with Crippen LogP contribution >= 0.6 is 0 Å². The van der Waals surface area contributed by atoms with Gasteiger partial charge >= 0.3 is 6.03 Å². The second-order valence-electron chi connectivity index (χ2n) is 7.08. The summed E-state index contributed by atoms with van der Waals surface area (Å²) in [5.74, 6) is 0. The fourth-order valence-corrected chi connectivity index (χ4v) is 4.87. The minimum Gasteiger partial charge on any atom is -0.307 e. The maximum Gasteiger partial charge on any atom is 0.333 e. The Labute approximate surface area is 161 Å². The molecule has 2 aliphatic rings. The number of hydrogen-bond donors (Lipinski definition) is 2. The molecule has 1 aromatic heterocycles. The average molecular weight is 410 g/mol. The number of halogens is 2. The number of urea groups is 1. The zero-order valence-corrected chi connectivity index (χ0v) is 15.9. The van der Waals surface area contributed by atoms with Gasteiger partial charge in [0.2, 0.25) is 0 Å². The molecule has 0 atom stereocenters. The number of aromatic nitrogens is 2. The summed E-state index contributed by atoms with van der Waals surface area (Å²) in [7, 11) is -4.21. The molecule has 0 radical (unpaired) electrons. The molecule has 2 amide bonds. The van der Waals surface area contributed by atoms with Crippen LogP contribution in [-0.2, 0) is 42.3 Å². The molecular formula is C18H20F2N4O3S. The van der Waals surface area contributed by atoms with E-state index in [1.807, 2.05) is 4.72 Å². The summed E-state index contributed by atoms with van der Waals surface area (Å²) in [6, 6.07) is 1.35. The van der Waals surface area contributed by atoms with E-state index < -0.39 is 29.0 Å². The standard InChI is InChI=1S/C18H20F2N4O3S/c19-16(20)10-24-9-13(8-21-24)28(26,27)23-18(25)22-17-14-5-1-3-11(14)7-12-4-2-6-15(12)17/h7-9,16H,1-6,10H2,(H2,22,23,25). The van der Waals surface area contributed by atoms with E-state index in [2.05, 4.69) is 16.5 Å². The predicted molar refractivity (Wildman–Crippen MR) is 98.1 cm³/mol. The van der Waals surface area contributed by atoms with E-state index in [0.717, 1.165) is 72.4 Å². The van der Waals surface area contributed by atoms with Gasteiger partial charge in [0.15, 0.2) is 0 Å². The number of carbonyl (C=O) groups excluding carboxylic acids is 1. The Hall–Kier alpha value is -2.49. The van der Waals surface area contributed by atoms with Crippen LogP contribution < -0.4 is 10.0 Å². The van der Waals surface area contributed by atoms with Gasteiger partial charge in [-0.1, -0.05) is 6.07 Å². The molecule has 7 nitrogen and oxygen atoms in total. The lowest BCUT2D eigenvalue weighted by Crippen LogP contribution is -2.34. The molecule has 10 heteroatoms. The molecule has 0 aliphatic heterocycles. The fourth-order valence-electron chi connectivity index (χ4n) is 4.01. The van der Waals surface area contributed by atoms with Gasteiger partial charge in [-0.2, -0.15) is 5.10 Å². The van der Waals surface area contributed by atoms with Crippen molar-refractivity contribution in [1.82, 2.24) is 14.5 Å². The van der Waals surface area contributed by atoms with Gasteiger partial charge in [-0.05, 0) is 60.8 Å². The van der Waals surface area contributed by atoms with Gasteiger partial charge < -0.3 is 5.32 Å². The number of rotatable bonds is 5. The van der Waals surface area contributed by atoms with E-state index in [1.54, 1.807) is 0 Å². The number of benzene rings is 1. The minimum atomic E-state index is -4.21. The molecule has 4 rings (SSSR count). The molecule has 0 fully saturated rings. The van der Waals surface area contributed by atoms with Crippen LogP contribution in [0.25, 0.3) is 0 Å². The van der Waals surface area contributed by atoms with Crippen molar-refractivity contribution < 1.29 is 22.0 Å². The van der Waals surface area contributed by atoms with Gasteiger partial charge in [0, 0.05) is 11.9 Å². The summed E-state index contributed by atoms with van der Waals surface area (Å²) in [4.78, 5) is 12.1. The highest BCUT2D eigenvalue weighted by Gasteiger charge is 2.26. The van der Waals surface area contributed by atoms with Crippen LogP contribution in [0.5, 0.6) is 0 Å². The summed E-state index contributed by atoms with van der Waals surface area (Å²) in [5, 5.41) is 6.33. The topological polar surface area (TPSA) is 93.1 Å². The van der Waals surface area contributed by atoms with Crippen molar-refractivity contribution >= 4 is 21.7 Å². The van der Waals surface area contributed by atoms with Crippen LogP contribution in [-0.4, -0.2) is 30.7 Å². The first kappa shape index (κ1) is 18.9. The molecule has 0 unspecified atom stereocenters. The fraction of sp³-hybridized carbons (Fsp3) is 0.444. The first-order valence-corrected chi connectivity index (χ1v) is 10.6. The third-order valence-corrected chi connectivity index (χ3v) is 6.47. The number of carbonyl (C=O) groups is 1. The Balaban J connectivity index is 1.53. The number of alkyl halides is 2. The minimum absolute atomic E-state index is 0.341. The SMILES string of the molecule is O=C(Nc1c2c(cc3c1CCC3)CCC2)NS(=O)(=O)c1cnn(CC(F)F)c1. The largest absolute Gasteiger partial charge is 0.333 e. The zero-order valence-electron chi connectivity index (χ0n) is 15.0. The number of amides is 2. The van der Waals surface area contributed by atoms with E-state index in [0.29, 0.717) is 0 Å². The number of sulfonamides is 1. The Morgan fingerprint density at radius 2 is 1.79 bits per heavy atom. The maximum absolute atomic E-state index is 12.4. The van der Waals surface area contributed by atoms with Crippen molar-refractivity contribution in [2.24, 2.45) is 0 Å². The molecule has 0 bridgehead atoms. The predicted octanol–water partition coefficient (Wildman–Crippen LogP) is 2.64. The van der Waals surface area contributed by atoms with E-state index >= 15 is 0 Å². The number of anilines is 1. The molecule has 1 heterocycles. The van der Waals surface area contributed by atoms with Crippen LogP contribution in [0.15, 0.2) is 23.4 Å². The van der Waals surface area contributed by atoms with Gasteiger partial charge in [0.05, 0.1) is 6.20 Å². The van der Waals surface area contributed by atoms with Crippen molar-refractivity contribution in [2.45, 2.75) is 56.4 Å². The molecular weight excluding hydrogens is 390 g/mol. The monoisotopic (exact) mass is 410 g/mol. The van der Waals surface area contributed by atoms with Gasteiger partial charge in [0.25, 0.3) is 16.4 Å². The third kappa shape index (κ3) is 3.60. The second-order valence-corrected chi connectivity index (χ2v) is 8.77. The van der Waals surface area contributed by atoms with Gasteiger partial charge in [-0.25, -0.2) is 26.7 Å². The molecule has 150 valence electrons. The van der Waals surface area contributed by atoms with Crippen LogP contribution in [0.4, 0.5) is 19.3 Å². The normalized spacial score (nSPS) is 15.5. The van der Waals surface area contributed by atoms with E-state index in [9.17, 15) is 22.0 Å². The Morgan fingerprint density at radius 3 is 2.39 bits per heavy atom. The van der Waals surface area contributed by atoms with Gasteiger partial charge in [-0.15, -0.1) is 0 Å². The molecule has 28 heavy (non-hydrogen) atoms. The zero-order chi connectivity index (χ0) is 19.9. The van der Waals surface area contributed by atoms with Gasteiger partial charge in [-0.3, -0.25) is 4.68 Å². The van der Waals surface area contributed by atoms with E-state index in [4.69, 9.17) is 0 Å². The van der Waals surface area contributed by atoms with Crippen molar-refractivity contribution in [3.05, 3.63) is 40.7 Å². The molecule has 2 N–H and O–H groups in total. The highest BCUT2D eigenvalue weighted by molar-refractivity contribution is 7.90. The highest BCUT2D eigenvalue weighted by atomic mass is 32.2. The van der Waals surface area contributed by atoms with Crippen molar-refractivity contribution in [2.75, 3.05) is 5.32 Å². The Kier molecular flexibility index (Phi) is 4.82. The lowest BCUT2D eigenvalue weighted by atomic mass is 9.99.